The normalized spacial score (nSPS) is 12.4. The van der Waals surface area contributed by atoms with Gasteiger partial charge in [0.05, 0.1) is 12.6 Å². The molecule has 0 bridgehead atoms. The molecule has 0 aliphatic rings. The van der Waals surface area contributed by atoms with Crippen LogP contribution in [0, 0.1) is 5.41 Å². The van der Waals surface area contributed by atoms with Crippen LogP contribution in [0.4, 0.5) is 0 Å². The molecule has 114 valence electrons. The summed E-state index contributed by atoms with van der Waals surface area (Å²) in [7, 11) is 1.62. The Hall–Kier alpha value is -0.810. The van der Waals surface area contributed by atoms with E-state index in [1.807, 2.05) is 34.6 Å². The Labute approximate surface area is 122 Å². The van der Waals surface area contributed by atoms with Crippen LogP contribution in [0.5, 0.6) is 0 Å². The van der Waals surface area contributed by atoms with Crippen LogP contribution in [0.25, 0.3) is 0 Å². The van der Waals surface area contributed by atoms with Crippen LogP contribution in [0.15, 0.2) is 0 Å². The molecule has 0 aromatic rings. The summed E-state index contributed by atoms with van der Waals surface area (Å²) >= 11 is 0. The number of hydrogen-bond donors (Lipinski definition) is 1. The molecule has 0 aliphatic heterocycles. The second-order valence-corrected chi connectivity index (χ2v) is 5.60. The third-order valence-corrected chi connectivity index (χ3v) is 3.06. The van der Waals surface area contributed by atoms with Crippen molar-refractivity contribution < 1.29 is 9.59 Å². The van der Waals surface area contributed by atoms with Gasteiger partial charge in [-0.1, -0.05) is 20.8 Å². The van der Waals surface area contributed by atoms with E-state index in [4.69, 9.17) is 5.73 Å². The predicted octanol–water partition coefficient (Wildman–Crippen LogP) is 1.11. The predicted molar refractivity (Wildman–Crippen MR) is 80.2 cm³/mol. The number of likely N-dealkylation sites (N-methyl/N-ethyl adjacent to an activating group) is 2. The molecule has 0 heterocycles. The fourth-order valence-electron chi connectivity index (χ4n) is 1.56. The van der Waals surface area contributed by atoms with E-state index >= 15 is 0 Å². The average Bonchev–Trinajstić information content (AvgIpc) is 2.27. The monoisotopic (exact) mass is 293 g/mol. The van der Waals surface area contributed by atoms with Gasteiger partial charge < -0.3 is 15.5 Å². The Morgan fingerprint density at radius 3 is 1.89 bits per heavy atom. The Bertz CT molecular complexity index is 299. The topological polar surface area (TPSA) is 66.6 Å². The maximum atomic E-state index is 12.1. The zero-order chi connectivity index (χ0) is 14.5. The van der Waals surface area contributed by atoms with Crippen molar-refractivity contribution in [2.75, 3.05) is 26.7 Å². The molecule has 19 heavy (non-hydrogen) atoms. The van der Waals surface area contributed by atoms with Crippen molar-refractivity contribution in [2.24, 2.45) is 11.1 Å². The van der Waals surface area contributed by atoms with Crippen molar-refractivity contribution in [1.29, 1.82) is 0 Å². The molecule has 0 spiro atoms. The highest BCUT2D eigenvalue weighted by Crippen LogP contribution is 2.18. The van der Waals surface area contributed by atoms with E-state index in [-0.39, 0.29) is 36.2 Å². The summed E-state index contributed by atoms with van der Waals surface area (Å²) in [5.74, 6) is -0.236. The van der Waals surface area contributed by atoms with Crippen molar-refractivity contribution in [1.82, 2.24) is 9.80 Å². The van der Waals surface area contributed by atoms with Crippen molar-refractivity contribution in [3.05, 3.63) is 0 Å². The summed E-state index contributed by atoms with van der Waals surface area (Å²) in [5.41, 5.74) is 5.59. The number of rotatable bonds is 5. The van der Waals surface area contributed by atoms with Gasteiger partial charge in [0.15, 0.2) is 0 Å². The number of carbonyl (C=O) groups is 2. The van der Waals surface area contributed by atoms with E-state index in [0.717, 1.165) is 0 Å². The molecule has 0 aliphatic carbocycles. The SMILES string of the molecule is CCN(CC)C(=O)CN(C)C(=O)[C@@H](N)C(C)(C)C.Cl. The van der Waals surface area contributed by atoms with Crippen LogP contribution in [0.3, 0.4) is 0 Å². The molecule has 0 saturated carbocycles. The smallest absolute Gasteiger partial charge is 0.242 e. The molecule has 0 radical (unpaired) electrons. The van der Waals surface area contributed by atoms with Gasteiger partial charge in [0, 0.05) is 20.1 Å². The van der Waals surface area contributed by atoms with Gasteiger partial charge in [-0.05, 0) is 19.3 Å². The Balaban J connectivity index is 0. The van der Waals surface area contributed by atoms with Gasteiger partial charge in [-0.3, -0.25) is 9.59 Å². The first-order valence-corrected chi connectivity index (χ1v) is 6.43. The molecule has 2 amide bonds. The number of hydrogen-bond acceptors (Lipinski definition) is 3. The first-order chi connectivity index (χ1) is 8.15. The lowest BCUT2D eigenvalue weighted by atomic mass is 9.86. The van der Waals surface area contributed by atoms with Crippen molar-refractivity contribution >= 4 is 24.2 Å². The lowest BCUT2D eigenvalue weighted by molar-refractivity contribution is -0.141. The minimum Gasteiger partial charge on any atom is -0.342 e. The second kappa shape index (κ2) is 8.38. The molecule has 0 aromatic carbocycles. The molecule has 0 aromatic heterocycles. The minimum absolute atomic E-state index is 0. The quantitative estimate of drug-likeness (QED) is 0.826. The van der Waals surface area contributed by atoms with Crippen LogP contribution in [-0.2, 0) is 9.59 Å². The number of nitrogens with two attached hydrogens (primary N) is 1. The maximum absolute atomic E-state index is 12.1. The highest BCUT2D eigenvalue weighted by atomic mass is 35.5. The second-order valence-electron chi connectivity index (χ2n) is 5.60. The summed E-state index contributed by atoms with van der Waals surface area (Å²) in [5, 5.41) is 0. The van der Waals surface area contributed by atoms with E-state index in [9.17, 15) is 9.59 Å². The lowest BCUT2D eigenvalue weighted by Gasteiger charge is -2.30. The standard InChI is InChI=1S/C13H27N3O2.ClH/c1-7-16(8-2)10(17)9-15(6)12(18)11(14)13(3,4)5;/h11H,7-9,14H2,1-6H3;1H/t11-;/m1./s1. The van der Waals surface area contributed by atoms with Crippen molar-refractivity contribution in [3.63, 3.8) is 0 Å². The first kappa shape index (κ1) is 20.5. The molecule has 5 nitrogen and oxygen atoms in total. The number of carbonyl (C=O) groups excluding carboxylic acids is 2. The number of halogens is 1. The first-order valence-electron chi connectivity index (χ1n) is 6.43. The molecule has 6 heteroatoms. The Morgan fingerprint density at radius 1 is 1.16 bits per heavy atom. The summed E-state index contributed by atoms with van der Waals surface area (Å²) in [6.45, 7) is 11.0. The fraction of sp³-hybridized carbons (Fsp3) is 0.846. The molecule has 1 atom stereocenters. The van der Waals surface area contributed by atoms with Gasteiger partial charge >= 0.3 is 0 Å². The summed E-state index contributed by atoms with van der Waals surface area (Å²) in [6.07, 6.45) is 0. The average molecular weight is 294 g/mol. The minimum atomic E-state index is -0.591. The molecular formula is C13H28ClN3O2. The van der Waals surface area contributed by atoms with Crippen LogP contribution in [0.2, 0.25) is 0 Å². The third-order valence-electron chi connectivity index (χ3n) is 3.06. The van der Waals surface area contributed by atoms with Gasteiger partial charge in [0.25, 0.3) is 0 Å². The van der Waals surface area contributed by atoms with Crippen molar-refractivity contribution in [3.8, 4) is 0 Å². The molecule has 0 fully saturated rings. The molecular weight excluding hydrogens is 266 g/mol. The maximum Gasteiger partial charge on any atom is 0.242 e. The van der Waals surface area contributed by atoms with E-state index in [0.29, 0.717) is 13.1 Å². The highest BCUT2D eigenvalue weighted by molar-refractivity contribution is 5.87. The lowest BCUT2D eigenvalue weighted by Crippen LogP contribution is -2.51. The molecule has 2 N–H and O–H groups in total. The zero-order valence-corrected chi connectivity index (χ0v) is 13.7. The summed E-state index contributed by atoms with van der Waals surface area (Å²) in [6, 6.07) is -0.591. The number of amides is 2. The highest BCUT2D eigenvalue weighted by Gasteiger charge is 2.30. The summed E-state index contributed by atoms with van der Waals surface area (Å²) < 4.78 is 0. The Morgan fingerprint density at radius 2 is 1.58 bits per heavy atom. The van der Waals surface area contributed by atoms with Gasteiger partial charge in [0.2, 0.25) is 11.8 Å². The molecule has 0 saturated heterocycles. The van der Waals surface area contributed by atoms with Crippen LogP contribution in [0.1, 0.15) is 34.6 Å². The van der Waals surface area contributed by atoms with Crippen molar-refractivity contribution in [2.45, 2.75) is 40.7 Å². The van der Waals surface area contributed by atoms with Gasteiger partial charge in [0.1, 0.15) is 0 Å². The van der Waals surface area contributed by atoms with Crippen LogP contribution < -0.4 is 5.73 Å². The molecule has 0 unspecified atom stereocenters. The molecule has 0 rings (SSSR count). The van der Waals surface area contributed by atoms with E-state index in [2.05, 4.69) is 0 Å². The van der Waals surface area contributed by atoms with Gasteiger partial charge in [-0.2, -0.15) is 0 Å². The van der Waals surface area contributed by atoms with Gasteiger partial charge in [-0.25, -0.2) is 0 Å². The Kier molecular flexibility index (Phi) is 9.04. The van der Waals surface area contributed by atoms with E-state index in [1.165, 1.54) is 4.90 Å². The van der Waals surface area contributed by atoms with Crippen LogP contribution >= 0.6 is 12.4 Å². The third kappa shape index (κ3) is 6.25. The fourth-order valence-corrected chi connectivity index (χ4v) is 1.56. The number of nitrogens with zero attached hydrogens (tertiary/aromatic N) is 2. The summed E-state index contributed by atoms with van der Waals surface area (Å²) in [4.78, 5) is 27.1. The zero-order valence-electron chi connectivity index (χ0n) is 12.9. The van der Waals surface area contributed by atoms with Gasteiger partial charge in [-0.15, -0.1) is 12.4 Å². The van der Waals surface area contributed by atoms with E-state index < -0.39 is 6.04 Å². The van der Waals surface area contributed by atoms with Crippen LogP contribution in [-0.4, -0.2) is 54.3 Å². The largest absolute Gasteiger partial charge is 0.342 e. The van der Waals surface area contributed by atoms with E-state index in [1.54, 1.807) is 11.9 Å².